The number of ketones is 2. The van der Waals surface area contributed by atoms with Crippen molar-refractivity contribution in [3.05, 3.63) is 24.3 Å². The molecule has 0 unspecified atom stereocenters. The molecule has 0 aliphatic heterocycles. The van der Waals surface area contributed by atoms with Crippen molar-refractivity contribution in [3.8, 4) is 0 Å². The fraction of sp³-hybridized carbons (Fsp3) is 0.538. The van der Waals surface area contributed by atoms with Crippen LogP contribution >= 0.6 is 0 Å². The van der Waals surface area contributed by atoms with E-state index < -0.39 is 0 Å². The van der Waals surface area contributed by atoms with Crippen LogP contribution in [-0.2, 0) is 4.79 Å². The lowest BCUT2D eigenvalue weighted by atomic mass is 10.1. The monoisotopic (exact) mass is 236 g/mol. The van der Waals surface area contributed by atoms with Gasteiger partial charge in [0.2, 0.25) is 0 Å². The molecule has 0 atom stereocenters. The van der Waals surface area contributed by atoms with Gasteiger partial charge in [-0.3, -0.25) is 14.6 Å². The first kappa shape index (κ1) is 15.4. The highest BCUT2D eigenvalue weighted by atomic mass is 16.1. The predicted molar refractivity (Wildman–Crippen MR) is 66.7 cm³/mol. The molecule has 0 aliphatic rings. The maximum absolute atomic E-state index is 11.2. The molecule has 1 rings (SSSR count). The molecule has 4 heteroatoms. The number of aromatic nitrogens is 2. The van der Waals surface area contributed by atoms with Crippen LogP contribution in [-0.4, -0.2) is 21.5 Å². The van der Waals surface area contributed by atoms with Gasteiger partial charge in [-0.2, -0.15) is 0 Å². The van der Waals surface area contributed by atoms with Crippen LogP contribution in [0.5, 0.6) is 0 Å². The number of hydrogen-bond acceptors (Lipinski definition) is 4. The van der Waals surface area contributed by atoms with Crippen LogP contribution in [0, 0.1) is 11.8 Å². The predicted octanol–water partition coefficient (Wildman–Crippen LogP) is 2.55. The van der Waals surface area contributed by atoms with Crippen LogP contribution in [0.25, 0.3) is 0 Å². The Kier molecular flexibility index (Phi) is 6.94. The number of carbonyl (C=O) groups is 2. The fourth-order valence-corrected chi connectivity index (χ4v) is 0.722. The molecule has 0 N–H and O–H groups in total. The first-order valence-corrected chi connectivity index (χ1v) is 5.67. The maximum Gasteiger partial charge on any atom is 0.185 e. The normalized spacial score (nSPS) is 9.82. The summed E-state index contributed by atoms with van der Waals surface area (Å²) in [5.41, 5.74) is 0.447. The molecule has 94 valence electrons. The van der Waals surface area contributed by atoms with E-state index in [4.69, 9.17) is 0 Å². The zero-order valence-electron chi connectivity index (χ0n) is 11.1. The lowest BCUT2D eigenvalue weighted by molar-refractivity contribution is -0.119. The summed E-state index contributed by atoms with van der Waals surface area (Å²) in [6.07, 6.45) is 4.56. The van der Waals surface area contributed by atoms with Crippen molar-refractivity contribution in [2.24, 2.45) is 11.8 Å². The number of rotatable bonds is 3. The SMILES string of the molecule is CC(=O)C(C)C.CC(C)C(=O)c1cnccn1. The smallest absolute Gasteiger partial charge is 0.185 e. The molecule has 1 heterocycles. The zero-order chi connectivity index (χ0) is 13.4. The van der Waals surface area contributed by atoms with Crippen molar-refractivity contribution in [2.75, 3.05) is 0 Å². The third-order valence-electron chi connectivity index (χ3n) is 2.15. The lowest BCUT2D eigenvalue weighted by Crippen LogP contribution is -2.09. The van der Waals surface area contributed by atoms with E-state index in [1.165, 1.54) is 12.4 Å². The van der Waals surface area contributed by atoms with Gasteiger partial charge in [0.25, 0.3) is 0 Å². The van der Waals surface area contributed by atoms with E-state index in [2.05, 4.69) is 9.97 Å². The van der Waals surface area contributed by atoms with Crippen LogP contribution in [0.1, 0.15) is 45.1 Å². The van der Waals surface area contributed by atoms with E-state index >= 15 is 0 Å². The molecule has 0 fully saturated rings. The van der Waals surface area contributed by atoms with Gasteiger partial charge in [-0.15, -0.1) is 0 Å². The van der Waals surface area contributed by atoms with E-state index in [-0.39, 0.29) is 23.4 Å². The van der Waals surface area contributed by atoms with Crippen molar-refractivity contribution in [1.82, 2.24) is 9.97 Å². The van der Waals surface area contributed by atoms with Gasteiger partial charge < -0.3 is 0 Å². The zero-order valence-corrected chi connectivity index (χ0v) is 11.1. The summed E-state index contributed by atoms with van der Waals surface area (Å²) in [5, 5.41) is 0. The molecule has 4 nitrogen and oxygen atoms in total. The van der Waals surface area contributed by atoms with Gasteiger partial charge in [0.1, 0.15) is 11.5 Å². The number of hydrogen-bond donors (Lipinski definition) is 0. The molecule has 1 aromatic rings. The van der Waals surface area contributed by atoms with Gasteiger partial charge >= 0.3 is 0 Å². The van der Waals surface area contributed by atoms with Crippen molar-refractivity contribution in [3.63, 3.8) is 0 Å². The summed E-state index contributed by atoms with van der Waals surface area (Å²) >= 11 is 0. The highest BCUT2D eigenvalue weighted by Gasteiger charge is 2.10. The topological polar surface area (TPSA) is 59.9 Å². The van der Waals surface area contributed by atoms with E-state index in [0.29, 0.717) is 5.69 Å². The largest absolute Gasteiger partial charge is 0.300 e. The quantitative estimate of drug-likeness (QED) is 0.757. The van der Waals surface area contributed by atoms with Gasteiger partial charge in [0.05, 0.1) is 6.20 Å². The minimum absolute atomic E-state index is 0.00769. The van der Waals surface area contributed by atoms with Crippen molar-refractivity contribution in [2.45, 2.75) is 34.6 Å². The van der Waals surface area contributed by atoms with Gasteiger partial charge in [0.15, 0.2) is 5.78 Å². The van der Waals surface area contributed by atoms with Crippen molar-refractivity contribution in [1.29, 1.82) is 0 Å². The van der Waals surface area contributed by atoms with E-state index in [1.807, 2.05) is 27.7 Å². The Morgan fingerprint density at radius 3 is 1.88 bits per heavy atom. The first-order valence-electron chi connectivity index (χ1n) is 5.67. The number of carbonyl (C=O) groups excluding carboxylic acids is 2. The maximum atomic E-state index is 11.2. The molecule has 0 spiro atoms. The van der Waals surface area contributed by atoms with E-state index in [9.17, 15) is 9.59 Å². The Morgan fingerprint density at radius 1 is 1.06 bits per heavy atom. The third kappa shape index (κ3) is 6.56. The second-order valence-corrected chi connectivity index (χ2v) is 4.37. The summed E-state index contributed by atoms with van der Waals surface area (Å²) in [6.45, 7) is 9.07. The van der Waals surface area contributed by atoms with Crippen LogP contribution in [0.2, 0.25) is 0 Å². The van der Waals surface area contributed by atoms with E-state index in [0.717, 1.165) is 0 Å². The van der Waals surface area contributed by atoms with Crippen LogP contribution in [0.15, 0.2) is 18.6 Å². The summed E-state index contributed by atoms with van der Waals surface area (Å²) < 4.78 is 0. The average Bonchev–Trinajstić information content (AvgIpc) is 2.29. The standard InChI is InChI=1S/C8H10N2O.C5H10O/c1-6(2)8(11)7-5-9-3-4-10-7;1-4(2)5(3)6/h3-6H,1-2H3;4H,1-3H3. The molecule has 1 aromatic heterocycles. The third-order valence-corrected chi connectivity index (χ3v) is 2.15. The average molecular weight is 236 g/mol. The molecule has 0 bridgehead atoms. The summed E-state index contributed by atoms with van der Waals surface area (Å²) in [4.78, 5) is 29.1. The Hall–Kier alpha value is -1.58. The highest BCUT2D eigenvalue weighted by Crippen LogP contribution is 2.02. The van der Waals surface area contributed by atoms with Gasteiger partial charge in [0, 0.05) is 24.2 Å². The Labute approximate surface area is 102 Å². The molecule has 0 aliphatic carbocycles. The van der Waals surface area contributed by atoms with Crippen molar-refractivity contribution < 1.29 is 9.59 Å². The summed E-state index contributed by atoms with van der Waals surface area (Å²) in [5.74, 6) is 0.504. The summed E-state index contributed by atoms with van der Waals surface area (Å²) in [6, 6.07) is 0. The van der Waals surface area contributed by atoms with Crippen LogP contribution < -0.4 is 0 Å². The first-order chi connectivity index (χ1) is 7.86. The second kappa shape index (κ2) is 7.65. The fourth-order valence-electron chi connectivity index (χ4n) is 0.722. The minimum atomic E-state index is -0.00769. The van der Waals surface area contributed by atoms with Gasteiger partial charge in [-0.25, -0.2) is 4.98 Å². The number of Topliss-reactive ketones (excluding diaryl/α,β-unsaturated/α-hetero) is 2. The van der Waals surface area contributed by atoms with Crippen molar-refractivity contribution >= 4 is 11.6 Å². The molecule has 0 saturated heterocycles. The van der Waals surface area contributed by atoms with E-state index in [1.54, 1.807) is 13.1 Å². The molecular weight excluding hydrogens is 216 g/mol. The summed E-state index contributed by atoms with van der Waals surface area (Å²) in [7, 11) is 0. The van der Waals surface area contributed by atoms with Gasteiger partial charge in [-0.05, 0) is 6.92 Å². The minimum Gasteiger partial charge on any atom is -0.300 e. The Morgan fingerprint density at radius 2 is 1.59 bits per heavy atom. The molecular formula is C13H20N2O2. The highest BCUT2D eigenvalue weighted by molar-refractivity contribution is 5.95. The second-order valence-electron chi connectivity index (χ2n) is 4.37. The molecule has 0 radical (unpaired) electrons. The van der Waals surface area contributed by atoms with Crippen LogP contribution in [0.4, 0.5) is 0 Å². The van der Waals surface area contributed by atoms with Gasteiger partial charge in [-0.1, -0.05) is 27.7 Å². The lowest BCUT2D eigenvalue weighted by Gasteiger charge is -2.00. The Bertz CT molecular complexity index is 359. The Balaban J connectivity index is 0.000000366. The molecule has 0 aromatic carbocycles. The number of nitrogens with zero attached hydrogens (tertiary/aromatic N) is 2. The molecule has 17 heavy (non-hydrogen) atoms. The molecule has 0 saturated carbocycles. The molecule has 0 amide bonds. The van der Waals surface area contributed by atoms with Crippen LogP contribution in [0.3, 0.4) is 0 Å².